The molecule has 0 spiro atoms. The second-order valence-electron chi connectivity index (χ2n) is 5.16. The lowest BCUT2D eigenvalue weighted by Gasteiger charge is -2.30. The predicted octanol–water partition coefficient (Wildman–Crippen LogP) is 3.15. The first-order chi connectivity index (χ1) is 9.79. The van der Waals surface area contributed by atoms with Crippen molar-refractivity contribution in [3.05, 3.63) is 60.2 Å². The highest BCUT2D eigenvalue weighted by molar-refractivity contribution is 5.52. The van der Waals surface area contributed by atoms with Crippen LogP contribution in [0.2, 0.25) is 0 Å². The maximum atomic E-state index is 5.24. The summed E-state index contributed by atoms with van der Waals surface area (Å²) in [6.07, 6.45) is 0.310. The van der Waals surface area contributed by atoms with Crippen molar-refractivity contribution in [2.24, 2.45) is 0 Å². The molecular formula is C17H20N2O. The highest BCUT2D eigenvalue weighted by atomic mass is 16.5. The van der Waals surface area contributed by atoms with Crippen LogP contribution in [-0.4, -0.2) is 32.1 Å². The van der Waals surface area contributed by atoms with Crippen molar-refractivity contribution in [3.8, 4) is 5.75 Å². The summed E-state index contributed by atoms with van der Waals surface area (Å²) in [6, 6.07) is 19.0. The lowest BCUT2D eigenvalue weighted by Crippen LogP contribution is -2.28. The quantitative estimate of drug-likeness (QED) is 0.850. The Morgan fingerprint density at radius 1 is 0.950 bits per heavy atom. The summed E-state index contributed by atoms with van der Waals surface area (Å²) in [5, 5.41) is 0. The van der Waals surface area contributed by atoms with Gasteiger partial charge in [-0.05, 0) is 36.9 Å². The number of likely N-dealkylation sites (N-methyl/N-ethyl adjacent to an activating group) is 1. The Labute approximate surface area is 120 Å². The van der Waals surface area contributed by atoms with Crippen molar-refractivity contribution in [1.82, 2.24) is 4.90 Å². The molecule has 3 nitrogen and oxygen atoms in total. The second-order valence-corrected chi connectivity index (χ2v) is 5.16. The fourth-order valence-corrected chi connectivity index (χ4v) is 2.85. The van der Waals surface area contributed by atoms with E-state index < -0.39 is 0 Å². The average molecular weight is 268 g/mol. The van der Waals surface area contributed by atoms with Crippen LogP contribution in [0.4, 0.5) is 5.69 Å². The molecule has 0 saturated carbocycles. The van der Waals surface area contributed by atoms with E-state index in [1.807, 2.05) is 12.1 Å². The summed E-state index contributed by atoms with van der Waals surface area (Å²) in [5.41, 5.74) is 2.58. The highest BCUT2D eigenvalue weighted by Crippen LogP contribution is 2.33. The van der Waals surface area contributed by atoms with Crippen molar-refractivity contribution in [3.63, 3.8) is 0 Å². The standard InChI is InChI=1S/C17H20N2O/c1-18-12-13-19(15-8-10-16(20-2)11-9-15)17(18)14-6-4-3-5-7-14/h3-11,17H,12-13H2,1-2H3. The smallest absolute Gasteiger partial charge is 0.119 e. The second kappa shape index (κ2) is 5.55. The van der Waals surface area contributed by atoms with E-state index in [4.69, 9.17) is 4.74 Å². The molecule has 104 valence electrons. The zero-order valence-electron chi connectivity index (χ0n) is 12.0. The molecule has 0 bridgehead atoms. The molecule has 1 aliphatic rings. The summed E-state index contributed by atoms with van der Waals surface area (Å²) in [7, 11) is 3.88. The van der Waals surface area contributed by atoms with Gasteiger partial charge in [-0.1, -0.05) is 30.3 Å². The normalized spacial score (nSPS) is 19.3. The SMILES string of the molecule is COc1ccc(N2CCN(C)C2c2ccccc2)cc1. The minimum Gasteiger partial charge on any atom is -0.497 e. The number of nitrogens with zero attached hydrogens (tertiary/aromatic N) is 2. The van der Waals surface area contributed by atoms with Crippen LogP contribution in [-0.2, 0) is 0 Å². The van der Waals surface area contributed by atoms with Gasteiger partial charge in [-0.25, -0.2) is 0 Å². The van der Waals surface area contributed by atoms with Crippen molar-refractivity contribution in [2.45, 2.75) is 6.17 Å². The molecule has 1 saturated heterocycles. The molecule has 2 aromatic rings. The highest BCUT2D eigenvalue weighted by Gasteiger charge is 2.30. The van der Waals surface area contributed by atoms with E-state index in [0.717, 1.165) is 18.8 Å². The molecule has 2 aromatic carbocycles. The van der Waals surface area contributed by atoms with E-state index in [1.165, 1.54) is 11.3 Å². The number of hydrogen-bond acceptors (Lipinski definition) is 3. The Balaban J connectivity index is 1.91. The minimum absolute atomic E-state index is 0.310. The minimum atomic E-state index is 0.310. The van der Waals surface area contributed by atoms with Crippen LogP contribution in [0.15, 0.2) is 54.6 Å². The van der Waals surface area contributed by atoms with Crippen molar-refractivity contribution < 1.29 is 4.74 Å². The van der Waals surface area contributed by atoms with Crippen LogP contribution in [0, 0.1) is 0 Å². The van der Waals surface area contributed by atoms with Gasteiger partial charge in [0, 0.05) is 18.8 Å². The number of methoxy groups -OCH3 is 1. The fraction of sp³-hybridized carbons (Fsp3) is 0.294. The number of rotatable bonds is 3. The van der Waals surface area contributed by atoms with Gasteiger partial charge in [0.1, 0.15) is 11.9 Å². The Morgan fingerprint density at radius 3 is 2.30 bits per heavy atom. The van der Waals surface area contributed by atoms with Crippen LogP contribution in [0.1, 0.15) is 11.7 Å². The van der Waals surface area contributed by atoms with Crippen LogP contribution in [0.5, 0.6) is 5.75 Å². The van der Waals surface area contributed by atoms with E-state index in [-0.39, 0.29) is 0 Å². The largest absolute Gasteiger partial charge is 0.497 e. The molecule has 3 rings (SSSR count). The summed E-state index contributed by atoms with van der Waals surface area (Å²) < 4.78 is 5.24. The zero-order chi connectivity index (χ0) is 13.9. The number of anilines is 1. The Morgan fingerprint density at radius 2 is 1.65 bits per heavy atom. The van der Waals surface area contributed by atoms with Gasteiger partial charge >= 0.3 is 0 Å². The average Bonchev–Trinajstić information content (AvgIpc) is 2.90. The van der Waals surface area contributed by atoms with Gasteiger partial charge in [0.25, 0.3) is 0 Å². The molecule has 1 aliphatic heterocycles. The van der Waals surface area contributed by atoms with Gasteiger partial charge in [-0.3, -0.25) is 4.90 Å². The van der Waals surface area contributed by atoms with Gasteiger partial charge in [0.05, 0.1) is 7.11 Å². The zero-order valence-corrected chi connectivity index (χ0v) is 12.0. The van der Waals surface area contributed by atoms with E-state index in [2.05, 4.69) is 59.3 Å². The summed E-state index contributed by atoms with van der Waals surface area (Å²) in [5.74, 6) is 0.901. The molecule has 0 aliphatic carbocycles. The molecule has 1 fully saturated rings. The Hall–Kier alpha value is -2.00. The Kier molecular flexibility index (Phi) is 3.61. The van der Waals surface area contributed by atoms with Crippen LogP contribution in [0.3, 0.4) is 0 Å². The van der Waals surface area contributed by atoms with Gasteiger partial charge < -0.3 is 9.64 Å². The summed E-state index contributed by atoms with van der Waals surface area (Å²) >= 11 is 0. The predicted molar refractivity (Wildman–Crippen MR) is 82.2 cm³/mol. The lowest BCUT2D eigenvalue weighted by atomic mass is 10.1. The molecule has 0 N–H and O–H groups in total. The Bertz CT molecular complexity index is 553. The van der Waals surface area contributed by atoms with Crippen LogP contribution in [0.25, 0.3) is 0 Å². The third kappa shape index (κ3) is 2.37. The molecular weight excluding hydrogens is 248 g/mol. The molecule has 20 heavy (non-hydrogen) atoms. The van der Waals surface area contributed by atoms with E-state index in [9.17, 15) is 0 Å². The molecule has 0 amide bonds. The first-order valence-corrected chi connectivity index (χ1v) is 6.95. The first kappa shape index (κ1) is 13.0. The monoisotopic (exact) mass is 268 g/mol. The maximum Gasteiger partial charge on any atom is 0.119 e. The summed E-state index contributed by atoms with van der Waals surface area (Å²) in [4.78, 5) is 4.83. The van der Waals surface area contributed by atoms with Gasteiger partial charge in [-0.15, -0.1) is 0 Å². The molecule has 3 heteroatoms. The fourth-order valence-electron chi connectivity index (χ4n) is 2.85. The number of benzene rings is 2. The maximum absolute atomic E-state index is 5.24. The van der Waals surface area contributed by atoms with E-state index >= 15 is 0 Å². The van der Waals surface area contributed by atoms with Crippen molar-refractivity contribution in [1.29, 1.82) is 0 Å². The molecule has 0 aromatic heterocycles. The van der Waals surface area contributed by atoms with Gasteiger partial charge in [-0.2, -0.15) is 0 Å². The van der Waals surface area contributed by atoms with Crippen molar-refractivity contribution in [2.75, 3.05) is 32.1 Å². The first-order valence-electron chi connectivity index (χ1n) is 6.95. The molecule has 0 radical (unpaired) electrons. The lowest BCUT2D eigenvalue weighted by molar-refractivity contribution is 0.318. The van der Waals surface area contributed by atoms with E-state index in [1.54, 1.807) is 7.11 Å². The number of ether oxygens (including phenoxy) is 1. The third-order valence-electron chi connectivity index (χ3n) is 3.91. The molecule has 1 unspecified atom stereocenters. The van der Waals surface area contributed by atoms with E-state index in [0.29, 0.717) is 6.17 Å². The molecule has 1 atom stereocenters. The number of hydrogen-bond donors (Lipinski definition) is 0. The summed E-state index contributed by atoms with van der Waals surface area (Å²) in [6.45, 7) is 2.12. The van der Waals surface area contributed by atoms with Crippen molar-refractivity contribution >= 4 is 5.69 Å². The molecule has 1 heterocycles. The van der Waals surface area contributed by atoms with Gasteiger partial charge in [0.2, 0.25) is 0 Å². The third-order valence-corrected chi connectivity index (χ3v) is 3.91. The van der Waals surface area contributed by atoms with Crippen LogP contribution >= 0.6 is 0 Å². The topological polar surface area (TPSA) is 15.7 Å². The van der Waals surface area contributed by atoms with Crippen LogP contribution < -0.4 is 9.64 Å². The van der Waals surface area contributed by atoms with Gasteiger partial charge in [0.15, 0.2) is 0 Å².